The van der Waals surface area contributed by atoms with Crippen molar-refractivity contribution in [2.24, 2.45) is 0 Å². The zero-order valence-corrected chi connectivity index (χ0v) is 14.5. The van der Waals surface area contributed by atoms with Crippen molar-refractivity contribution in [3.63, 3.8) is 0 Å². The summed E-state index contributed by atoms with van der Waals surface area (Å²) >= 11 is 0. The van der Waals surface area contributed by atoms with E-state index in [4.69, 9.17) is 9.47 Å². The predicted octanol–water partition coefficient (Wildman–Crippen LogP) is 2.61. The van der Waals surface area contributed by atoms with E-state index in [1.807, 2.05) is 35.2 Å². The van der Waals surface area contributed by atoms with Gasteiger partial charge in [-0.15, -0.1) is 0 Å². The second-order valence-electron chi connectivity index (χ2n) is 7.33. The molecule has 1 saturated carbocycles. The number of hydrogen-bond donors (Lipinski definition) is 0. The lowest BCUT2D eigenvalue weighted by atomic mass is 9.76. The summed E-state index contributed by atoms with van der Waals surface area (Å²) in [6, 6.07) is 10.1. The van der Waals surface area contributed by atoms with Crippen molar-refractivity contribution in [2.75, 3.05) is 0 Å². The molecule has 3 heterocycles. The van der Waals surface area contributed by atoms with E-state index >= 15 is 0 Å². The van der Waals surface area contributed by atoms with Crippen molar-refractivity contribution >= 4 is 5.91 Å². The highest BCUT2D eigenvalue weighted by atomic mass is 16.6. The van der Waals surface area contributed by atoms with E-state index in [2.05, 4.69) is 9.97 Å². The molecule has 5 rings (SSSR count). The number of carbonyl (C=O) groups is 1. The first kappa shape index (κ1) is 15.9. The fraction of sp³-hybridized carbons (Fsp3) is 0.450. The third-order valence-corrected chi connectivity index (χ3v) is 5.69. The van der Waals surface area contributed by atoms with Gasteiger partial charge in [-0.05, 0) is 18.4 Å². The highest BCUT2D eigenvalue weighted by Crippen LogP contribution is 2.51. The van der Waals surface area contributed by atoms with Crippen LogP contribution in [0.4, 0.5) is 0 Å². The van der Waals surface area contributed by atoms with Gasteiger partial charge in [-0.2, -0.15) is 0 Å². The molecule has 2 aromatic rings. The Morgan fingerprint density at radius 3 is 2.81 bits per heavy atom. The highest BCUT2D eigenvalue weighted by Gasteiger charge is 2.63. The molecule has 0 bridgehead atoms. The minimum atomic E-state index is -0.688. The van der Waals surface area contributed by atoms with Crippen molar-refractivity contribution < 1.29 is 14.3 Å². The minimum absolute atomic E-state index is 0.0233. The molecule has 2 atom stereocenters. The van der Waals surface area contributed by atoms with Crippen LogP contribution < -0.4 is 0 Å². The molecule has 2 saturated heterocycles. The molecule has 1 unspecified atom stereocenters. The number of nitrogens with zero attached hydrogens (tertiary/aromatic N) is 3. The summed E-state index contributed by atoms with van der Waals surface area (Å²) in [4.78, 5) is 23.5. The average molecular weight is 351 g/mol. The third-order valence-electron chi connectivity index (χ3n) is 5.69. The Morgan fingerprint density at radius 1 is 1.19 bits per heavy atom. The zero-order valence-electron chi connectivity index (χ0n) is 14.5. The highest BCUT2D eigenvalue weighted by molar-refractivity contribution is 5.89. The molecule has 3 aliphatic rings. The molecular formula is C20H21N3O3. The van der Waals surface area contributed by atoms with Gasteiger partial charge in [0.1, 0.15) is 6.23 Å². The smallest absolute Gasteiger partial charge is 0.257 e. The molecule has 1 spiro atoms. The van der Waals surface area contributed by atoms with Crippen LogP contribution in [0.1, 0.15) is 43.0 Å². The minimum Gasteiger partial charge on any atom is -0.373 e. The Morgan fingerprint density at radius 2 is 2.04 bits per heavy atom. The second kappa shape index (κ2) is 6.14. The van der Waals surface area contributed by atoms with Gasteiger partial charge in [-0.1, -0.05) is 30.3 Å². The van der Waals surface area contributed by atoms with Gasteiger partial charge in [0.2, 0.25) is 0 Å². The molecule has 1 amide bonds. The molecule has 0 N–H and O–H groups in total. The van der Waals surface area contributed by atoms with Crippen LogP contribution in [0.2, 0.25) is 0 Å². The molecule has 6 nitrogen and oxygen atoms in total. The van der Waals surface area contributed by atoms with Gasteiger partial charge in [-0.25, -0.2) is 0 Å². The summed E-state index contributed by atoms with van der Waals surface area (Å²) in [5.74, 6) is 0.0928. The molecule has 2 aliphatic heterocycles. The van der Waals surface area contributed by atoms with E-state index in [0.717, 1.165) is 24.1 Å². The van der Waals surface area contributed by atoms with E-state index in [1.54, 1.807) is 18.6 Å². The van der Waals surface area contributed by atoms with Gasteiger partial charge in [0.25, 0.3) is 5.91 Å². The first-order valence-electron chi connectivity index (χ1n) is 9.17. The van der Waals surface area contributed by atoms with Gasteiger partial charge < -0.3 is 14.4 Å². The number of fused-ring (bicyclic) bond motifs is 1. The molecule has 1 aromatic carbocycles. The fourth-order valence-corrected chi connectivity index (χ4v) is 4.34. The average Bonchev–Trinajstić information content (AvgIpc) is 3.19. The summed E-state index contributed by atoms with van der Waals surface area (Å²) in [5.41, 5.74) is 1.31. The number of amides is 1. The number of ether oxygens (including phenoxy) is 2. The van der Waals surface area contributed by atoms with Crippen molar-refractivity contribution in [1.29, 1.82) is 0 Å². The Labute approximate surface area is 152 Å². The first-order chi connectivity index (χ1) is 12.8. The Balaban J connectivity index is 1.24. The molecule has 1 aliphatic carbocycles. The van der Waals surface area contributed by atoms with Crippen molar-refractivity contribution in [1.82, 2.24) is 14.9 Å². The quantitative estimate of drug-likeness (QED) is 0.847. The Kier molecular flexibility index (Phi) is 3.76. The maximum atomic E-state index is 13.1. The molecule has 1 aromatic heterocycles. The van der Waals surface area contributed by atoms with Gasteiger partial charge in [0.15, 0.2) is 5.60 Å². The van der Waals surface area contributed by atoms with Crippen LogP contribution in [0, 0.1) is 0 Å². The van der Waals surface area contributed by atoms with E-state index in [-0.39, 0.29) is 24.3 Å². The molecule has 6 heteroatoms. The van der Waals surface area contributed by atoms with Gasteiger partial charge in [-0.3, -0.25) is 14.8 Å². The molecule has 26 heavy (non-hydrogen) atoms. The fourth-order valence-electron chi connectivity index (χ4n) is 4.34. The van der Waals surface area contributed by atoms with Gasteiger partial charge in [0, 0.05) is 25.2 Å². The second-order valence-corrected chi connectivity index (χ2v) is 7.33. The first-order valence-corrected chi connectivity index (χ1v) is 9.17. The van der Waals surface area contributed by atoms with Gasteiger partial charge in [0.05, 0.1) is 30.6 Å². The molecule has 3 fully saturated rings. The van der Waals surface area contributed by atoms with Crippen LogP contribution >= 0.6 is 0 Å². The number of benzene rings is 1. The van der Waals surface area contributed by atoms with Gasteiger partial charge >= 0.3 is 0 Å². The van der Waals surface area contributed by atoms with E-state index < -0.39 is 5.60 Å². The standard InChI is InChI=1S/C20H21N3O3/c24-19-20(10-15(11-20)25-13-14-4-2-1-3-5-14)26-18-7-6-17(23(18)19)16-12-21-8-9-22-16/h1-5,8-9,12,15,17-18H,6-7,10-11,13H2/t15?,17?,18-,20?/m1/s1. The molecular weight excluding hydrogens is 330 g/mol. The lowest BCUT2D eigenvalue weighted by Gasteiger charge is -2.42. The number of rotatable bonds is 4. The third kappa shape index (κ3) is 2.52. The van der Waals surface area contributed by atoms with Crippen molar-refractivity contribution in [3.8, 4) is 0 Å². The summed E-state index contributed by atoms with van der Waals surface area (Å²) in [6.07, 6.45) is 8.02. The topological polar surface area (TPSA) is 64.6 Å². The zero-order chi connectivity index (χ0) is 17.6. The number of carbonyl (C=O) groups excluding carboxylic acids is 1. The monoisotopic (exact) mass is 351 g/mol. The van der Waals surface area contributed by atoms with Crippen LogP contribution in [0.25, 0.3) is 0 Å². The molecule has 134 valence electrons. The maximum Gasteiger partial charge on any atom is 0.257 e. The lowest BCUT2D eigenvalue weighted by Crippen LogP contribution is -2.54. The van der Waals surface area contributed by atoms with Crippen LogP contribution in [0.3, 0.4) is 0 Å². The SMILES string of the molecule is O=C1N2C(c3cnccn3)CC[C@H]2OC12CC(OCc1ccccc1)C2. The number of aromatic nitrogens is 2. The van der Waals surface area contributed by atoms with Crippen molar-refractivity contribution in [3.05, 3.63) is 60.2 Å². The van der Waals surface area contributed by atoms with Crippen LogP contribution in [0.15, 0.2) is 48.9 Å². The Hall–Kier alpha value is -2.31. The Bertz CT molecular complexity index is 792. The number of hydrogen-bond acceptors (Lipinski definition) is 5. The summed E-state index contributed by atoms with van der Waals surface area (Å²) in [5, 5.41) is 0. The van der Waals surface area contributed by atoms with Crippen molar-refractivity contribution in [2.45, 2.75) is 56.3 Å². The lowest BCUT2D eigenvalue weighted by molar-refractivity contribution is -0.177. The summed E-state index contributed by atoms with van der Waals surface area (Å²) in [7, 11) is 0. The van der Waals surface area contributed by atoms with E-state index in [1.165, 1.54) is 0 Å². The van der Waals surface area contributed by atoms with E-state index in [9.17, 15) is 4.79 Å². The largest absolute Gasteiger partial charge is 0.373 e. The van der Waals surface area contributed by atoms with Crippen LogP contribution in [0.5, 0.6) is 0 Å². The predicted molar refractivity (Wildman–Crippen MR) is 92.7 cm³/mol. The van der Waals surface area contributed by atoms with E-state index in [0.29, 0.717) is 19.4 Å². The maximum absolute atomic E-state index is 13.1. The summed E-state index contributed by atoms with van der Waals surface area (Å²) in [6.45, 7) is 0.575. The van der Waals surface area contributed by atoms with Crippen LogP contribution in [-0.4, -0.2) is 38.7 Å². The molecule has 0 radical (unpaired) electrons. The summed E-state index contributed by atoms with van der Waals surface area (Å²) < 4.78 is 12.2. The normalized spacial score (nSPS) is 32.7. The van der Waals surface area contributed by atoms with Crippen LogP contribution in [-0.2, 0) is 20.9 Å².